The molecular formula is C42H46Cl3FN4O12. The molecule has 3 atom stereocenters. The number of hydrogen-bond acceptors (Lipinski definition) is 12. The number of nitrogens with zero attached hydrogens (tertiary/aromatic N) is 1. The number of nitro benzene ring substituents is 1. The highest BCUT2D eigenvalue weighted by atomic mass is 35.6. The zero-order chi connectivity index (χ0) is 45.6. The lowest BCUT2D eigenvalue weighted by molar-refractivity contribution is -0.387. The Morgan fingerprint density at radius 1 is 0.806 bits per heavy atom. The molecule has 0 saturated carbocycles. The molecular weight excluding hydrogens is 878 g/mol. The number of ether oxygens (including phenoxy) is 6. The molecule has 16 nitrogen and oxygen atoms in total. The van der Waals surface area contributed by atoms with Gasteiger partial charge in [0.25, 0.3) is 0 Å². The quantitative estimate of drug-likeness (QED) is 0.0399. The van der Waals surface area contributed by atoms with E-state index in [1.807, 2.05) is 30.3 Å². The van der Waals surface area contributed by atoms with Gasteiger partial charge in [0.05, 0.1) is 51.0 Å². The van der Waals surface area contributed by atoms with Crippen LogP contribution >= 0.6 is 34.8 Å². The van der Waals surface area contributed by atoms with Crippen molar-refractivity contribution in [3.63, 3.8) is 0 Å². The molecule has 0 fully saturated rings. The lowest BCUT2D eigenvalue weighted by Crippen LogP contribution is -2.49. The van der Waals surface area contributed by atoms with Gasteiger partial charge in [0, 0.05) is 18.6 Å². The molecule has 0 aliphatic rings. The van der Waals surface area contributed by atoms with Gasteiger partial charge in [-0.1, -0.05) is 77.3 Å². The molecule has 0 heterocycles. The molecule has 62 heavy (non-hydrogen) atoms. The zero-order valence-corrected chi connectivity index (χ0v) is 36.5. The number of nitrogens with one attached hydrogen (secondary N) is 3. The van der Waals surface area contributed by atoms with Crippen molar-refractivity contribution in [1.82, 2.24) is 16.0 Å². The second kappa shape index (κ2) is 22.5. The number of nitro groups is 1. The molecule has 334 valence electrons. The SMILES string of the molecule is COc1cc(Oc2cc([C@H](COCc3ccccc3)NC(=O)OC(C)(C)C)ccc2OC)cc([C@@H](CO)NC(=O)[C@@H](Cc2ccc(F)c([N+](=O)[O-])c2)NC(=O)OCC(Cl)(Cl)Cl)c1. The van der Waals surface area contributed by atoms with Crippen molar-refractivity contribution in [3.8, 4) is 23.0 Å². The summed E-state index contributed by atoms with van der Waals surface area (Å²) >= 11 is 17.1. The number of rotatable bonds is 19. The van der Waals surface area contributed by atoms with Gasteiger partial charge in [0.2, 0.25) is 15.5 Å². The maximum Gasteiger partial charge on any atom is 0.408 e. The first-order valence-electron chi connectivity index (χ1n) is 18.8. The number of benzene rings is 4. The summed E-state index contributed by atoms with van der Waals surface area (Å²) in [6.45, 7) is 4.19. The lowest BCUT2D eigenvalue weighted by atomic mass is 10.0. The van der Waals surface area contributed by atoms with Gasteiger partial charge >= 0.3 is 17.9 Å². The van der Waals surface area contributed by atoms with Crippen LogP contribution in [-0.4, -0.2) is 77.6 Å². The Morgan fingerprint density at radius 3 is 2.15 bits per heavy atom. The summed E-state index contributed by atoms with van der Waals surface area (Å²) in [5.74, 6) is -1.06. The number of methoxy groups -OCH3 is 2. The first kappa shape index (κ1) is 49.1. The molecule has 0 aromatic heterocycles. The van der Waals surface area contributed by atoms with Crippen LogP contribution in [0.1, 0.15) is 55.1 Å². The van der Waals surface area contributed by atoms with Gasteiger partial charge in [-0.2, -0.15) is 4.39 Å². The van der Waals surface area contributed by atoms with Crippen LogP contribution in [0.15, 0.2) is 84.9 Å². The monoisotopic (exact) mass is 922 g/mol. The third-order valence-corrected chi connectivity index (χ3v) is 8.89. The summed E-state index contributed by atoms with van der Waals surface area (Å²) < 4.78 is 46.0. The van der Waals surface area contributed by atoms with Crippen LogP contribution in [0.2, 0.25) is 0 Å². The third kappa shape index (κ3) is 15.7. The smallest absolute Gasteiger partial charge is 0.408 e. The van der Waals surface area contributed by atoms with Gasteiger partial charge in [0.15, 0.2) is 11.5 Å². The van der Waals surface area contributed by atoms with E-state index in [2.05, 4.69) is 16.0 Å². The summed E-state index contributed by atoms with van der Waals surface area (Å²) in [6, 6.07) is 18.7. The van der Waals surface area contributed by atoms with Crippen molar-refractivity contribution in [3.05, 3.63) is 123 Å². The van der Waals surface area contributed by atoms with Crippen molar-refractivity contribution in [2.45, 2.75) is 61.3 Å². The molecule has 0 aliphatic heterocycles. The molecule has 4 aromatic carbocycles. The standard InChI is InChI=1S/C42H46Cl3FN4O12/c1-41(2,3)62-40(54)49-34(23-59-22-25-9-7-6-8-10-25)27-12-14-36(58-5)37(19-27)61-30-18-28(17-29(20-30)57-4)33(21-51)47-38(52)32(48-39(53)60-24-42(43,44)45)15-26-11-13-31(46)35(16-26)50(55)56/h6-14,16-20,32-34,51H,15,21-24H2,1-5H3,(H,47,52)(H,48,53)(H,49,54)/t32-,33-,34+/m1/s1. The van der Waals surface area contributed by atoms with E-state index < -0.39 is 81.7 Å². The molecule has 0 unspecified atom stereocenters. The highest BCUT2D eigenvalue weighted by molar-refractivity contribution is 6.67. The van der Waals surface area contributed by atoms with Gasteiger partial charge in [-0.3, -0.25) is 14.9 Å². The van der Waals surface area contributed by atoms with Crippen molar-refractivity contribution in [2.24, 2.45) is 0 Å². The number of aliphatic hydroxyl groups is 1. The molecule has 4 aromatic rings. The van der Waals surface area contributed by atoms with Crippen LogP contribution in [0.25, 0.3) is 0 Å². The number of halogens is 4. The van der Waals surface area contributed by atoms with Crippen LogP contribution < -0.4 is 30.2 Å². The maximum absolute atomic E-state index is 14.1. The number of hydrogen-bond donors (Lipinski definition) is 4. The summed E-state index contributed by atoms with van der Waals surface area (Å²) in [6.07, 6.45) is -2.25. The second-order valence-electron chi connectivity index (χ2n) is 14.5. The van der Waals surface area contributed by atoms with Gasteiger partial charge in [0.1, 0.15) is 29.7 Å². The minimum absolute atomic E-state index is 0.0552. The Hall–Kier alpha value is -5.59. The largest absolute Gasteiger partial charge is 0.497 e. The molecule has 0 aliphatic carbocycles. The first-order chi connectivity index (χ1) is 29.3. The zero-order valence-electron chi connectivity index (χ0n) is 34.2. The summed E-state index contributed by atoms with van der Waals surface area (Å²) in [4.78, 5) is 50.0. The average molecular weight is 924 g/mol. The number of carbonyl (C=O) groups excluding carboxylic acids is 3. The highest BCUT2D eigenvalue weighted by Gasteiger charge is 2.29. The summed E-state index contributed by atoms with van der Waals surface area (Å²) in [5.41, 5.74) is 0.246. The summed E-state index contributed by atoms with van der Waals surface area (Å²) in [7, 11) is 2.83. The molecule has 0 radical (unpaired) electrons. The fourth-order valence-corrected chi connectivity index (χ4v) is 5.90. The Bertz CT molecular complexity index is 2170. The van der Waals surface area contributed by atoms with E-state index in [1.54, 1.807) is 39.0 Å². The fourth-order valence-electron chi connectivity index (χ4n) is 5.74. The highest BCUT2D eigenvalue weighted by Crippen LogP contribution is 2.37. The molecule has 0 saturated heterocycles. The minimum atomic E-state index is -1.98. The number of alkyl halides is 3. The van der Waals surface area contributed by atoms with E-state index >= 15 is 0 Å². The van der Waals surface area contributed by atoms with Crippen molar-refractivity contribution in [2.75, 3.05) is 34.0 Å². The molecule has 4 rings (SSSR count). The summed E-state index contributed by atoms with van der Waals surface area (Å²) in [5, 5.41) is 29.8. The Morgan fingerprint density at radius 2 is 1.52 bits per heavy atom. The average Bonchev–Trinajstić information content (AvgIpc) is 3.21. The predicted molar refractivity (Wildman–Crippen MR) is 228 cm³/mol. The predicted octanol–water partition coefficient (Wildman–Crippen LogP) is 8.18. The molecule has 4 N–H and O–H groups in total. The van der Waals surface area contributed by atoms with Crippen LogP contribution in [0.5, 0.6) is 23.0 Å². The van der Waals surface area contributed by atoms with Gasteiger partial charge in [-0.25, -0.2) is 9.59 Å². The van der Waals surface area contributed by atoms with E-state index in [0.717, 1.165) is 17.7 Å². The van der Waals surface area contributed by atoms with Crippen LogP contribution in [-0.2, 0) is 32.0 Å². The first-order valence-corrected chi connectivity index (χ1v) is 19.9. The lowest BCUT2D eigenvalue weighted by Gasteiger charge is -2.25. The normalized spacial score (nSPS) is 12.9. The van der Waals surface area contributed by atoms with Crippen molar-refractivity contribution >= 4 is 58.6 Å². The Kier molecular flexibility index (Phi) is 17.8. The van der Waals surface area contributed by atoms with Crippen molar-refractivity contribution in [1.29, 1.82) is 0 Å². The van der Waals surface area contributed by atoms with Gasteiger partial charge in [-0.05, 0) is 73.4 Å². The van der Waals surface area contributed by atoms with Crippen molar-refractivity contribution < 1.29 is 57.2 Å². The van der Waals surface area contributed by atoms with E-state index in [1.165, 1.54) is 38.5 Å². The minimum Gasteiger partial charge on any atom is -0.497 e. The van der Waals surface area contributed by atoms with E-state index in [0.29, 0.717) is 11.3 Å². The topological polar surface area (TPSA) is 206 Å². The third-order valence-electron chi connectivity index (χ3n) is 8.57. The molecule has 3 amide bonds. The van der Waals surface area contributed by atoms with E-state index in [9.17, 15) is 34.0 Å². The number of alkyl carbamates (subject to hydrolysis) is 2. The van der Waals surface area contributed by atoms with Crippen LogP contribution in [0.4, 0.5) is 19.7 Å². The Balaban J connectivity index is 1.63. The van der Waals surface area contributed by atoms with Gasteiger partial charge < -0.3 is 49.5 Å². The molecule has 20 heteroatoms. The number of aliphatic hydroxyl groups excluding tert-OH is 1. The fraction of sp³-hybridized carbons (Fsp3) is 0.357. The van der Waals surface area contributed by atoms with E-state index in [4.69, 9.17) is 63.2 Å². The Labute approximate surface area is 372 Å². The number of amides is 3. The maximum atomic E-state index is 14.1. The van der Waals surface area contributed by atoms with Crippen LogP contribution in [0.3, 0.4) is 0 Å². The second-order valence-corrected chi connectivity index (χ2v) is 17.0. The van der Waals surface area contributed by atoms with Gasteiger partial charge in [-0.15, -0.1) is 0 Å². The van der Waals surface area contributed by atoms with E-state index in [-0.39, 0.29) is 41.6 Å². The van der Waals surface area contributed by atoms with Crippen LogP contribution in [0, 0.1) is 15.9 Å². The number of carbonyl (C=O) groups is 3. The molecule has 0 bridgehead atoms. The molecule has 0 spiro atoms.